The molecule has 1 atom stereocenters. The van der Waals surface area contributed by atoms with Crippen molar-refractivity contribution in [1.82, 2.24) is 34.5 Å². The molecule has 0 radical (unpaired) electrons. The topological polar surface area (TPSA) is 135 Å². The number of hydrogen-bond donors (Lipinski definition) is 2. The van der Waals surface area contributed by atoms with Crippen LogP contribution in [0, 0.1) is 0 Å². The minimum absolute atomic E-state index is 0.0183. The average Bonchev–Trinajstić information content (AvgIpc) is 3.81. The zero-order valence-corrected chi connectivity index (χ0v) is 25.5. The summed E-state index contributed by atoms with van der Waals surface area (Å²) in [4.78, 5) is 43.3. The summed E-state index contributed by atoms with van der Waals surface area (Å²) in [6, 6.07) is 11.7. The smallest absolute Gasteiger partial charge is 0.256 e. The van der Waals surface area contributed by atoms with Crippen LogP contribution >= 0.6 is 0 Å². The van der Waals surface area contributed by atoms with Gasteiger partial charge < -0.3 is 16.0 Å². The summed E-state index contributed by atoms with van der Waals surface area (Å²) < 4.78 is 1.89. The van der Waals surface area contributed by atoms with E-state index >= 15 is 0 Å². The standard InChI is InChI=1S/C33H39N9O2/c1-21(2)24-14-15-35-27(18-24)38-33(44)23-10-8-22(9-11-23)30-29-31(34)36-20-37-32(29)42(39-30)26-6-4-17-41(19-26)28(43)7-5-16-40(3)25-12-13-25/h5,7-11,14-15,18,20-21,25-26H,4,6,12-13,16-17,19H2,1-3H3,(H2,34,36,37)(H,35,38,44)/b7-5+. The number of anilines is 2. The molecular weight excluding hydrogens is 554 g/mol. The number of rotatable bonds is 9. The van der Waals surface area contributed by atoms with Crippen LogP contribution in [-0.2, 0) is 4.79 Å². The maximum atomic E-state index is 13.0. The van der Waals surface area contributed by atoms with Gasteiger partial charge in [0.1, 0.15) is 23.7 Å². The van der Waals surface area contributed by atoms with E-state index in [2.05, 4.69) is 46.1 Å². The molecule has 2 aliphatic rings. The number of likely N-dealkylation sites (tertiary alicyclic amines) is 1. The SMILES string of the molecule is CC(C)c1ccnc(NC(=O)c2ccc(-c3nn(C4CCCN(C(=O)/C=C/CN(C)C5CC5)C4)c4ncnc(N)c34)cc2)c1. The Bertz CT molecular complexity index is 1690. The van der Waals surface area contributed by atoms with Crippen molar-refractivity contribution < 1.29 is 9.59 Å². The van der Waals surface area contributed by atoms with E-state index in [-0.39, 0.29) is 17.9 Å². The summed E-state index contributed by atoms with van der Waals surface area (Å²) in [5.74, 6) is 0.951. The Kier molecular flexibility index (Phi) is 8.38. The van der Waals surface area contributed by atoms with Gasteiger partial charge >= 0.3 is 0 Å². The van der Waals surface area contributed by atoms with Crippen molar-refractivity contribution in [3.8, 4) is 11.3 Å². The van der Waals surface area contributed by atoms with Crippen LogP contribution in [0.25, 0.3) is 22.3 Å². The van der Waals surface area contributed by atoms with Crippen molar-refractivity contribution in [2.24, 2.45) is 0 Å². The number of carbonyl (C=O) groups is 2. The summed E-state index contributed by atoms with van der Waals surface area (Å²) in [6.45, 7) is 6.22. The van der Waals surface area contributed by atoms with Gasteiger partial charge in [-0.25, -0.2) is 19.6 Å². The van der Waals surface area contributed by atoms with Crippen molar-refractivity contribution >= 4 is 34.5 Å². The van der Waals surface area contributed by atoms with Gasteiger partial charge in [0.2, 0.25) is 5.91 Å². The Morgan fingerprint density at radius 2 is 1.91 bits per heavy atom. The summed E-state index contributed by atoms with van der Waals surface area (Å²) in [5, 5.41) is 8.53. The minimum Gasteiger partial charge on any atom is -0.383 e. The van der Waals surface area contributed by atoms with E-state index in [9.17, 15) is 9.59 Å². The number of pyridine rings is 1. The van der Waals surface area contributed by atoms with Crippen LogP contribution in [0.3, 0.4) is 0 Å². The Morgan fingerprint density at radius 3 is 2.66 bits per heavy atom. The lowest BCUT2D eigenvalue weighted by Gasteiger charge is -2.32. The van der Waals surface area contributed by atoms with Gasteiger partial charge in [-0.05, 0) is 68.5 Å². The normalized spacial score (nSPS) is 17.2. The number of nitrogens with zero attached hydrogens (tertiary/aromatic N) is 7. The fourth-order valence-electron chi connectivity index (χ4n) is 5.74. The second-order valence-corrected chi connectivity index (χ2v) is 12.1. The number of fused-ring (bicyclic) bond motifs is 1. The van der Waals surface area contributed by atoms with Crippen molar-refractivity contribution in [2.45, 2.75) is 57.5 Å². The molecule has 2 fully saturated rings. The number of amides is 2. The van der Waals surface area contributed by atoms with Gasteiger partial charge in [-0.3, -0.25) is 14.5 Å². The molecule has 1 aliphatic heterocycles. The zero-order chi connectivity index (χ0) is 30.8. The van der Waals surface area contributed by atoms with Gasteiger partial charge in [0.15, 0.2) is 5.65 Å². The highest BCUT2D eigenvalue weighted by molar-refractivity contribution is 6.04. The highest BCUT2D eigenvalue weighted by atomic mass is 16.2. The van der Waals surface area contributed by atoms with Crippen LogP contribution in [0.2, 0.25) is 0 Å². The predicted molar refractivity (Wildman–Crippen MR) is 171 cm³/mol. The molecule has 3 aromatic heterocycles. The molecule has 3 N–H and O–H groups in total. The minimum atomic E-state index is -0.247. The number of nitrogens with two attached hydrogens (primary N) is 1. The van der Waals surface area contributed by atoms with Crippen LogP contribution in [0.15, 0.2) is 61.1 Å². The van der Waals surface area contributed by atoms with E-state index in [1.54, 1.807) is 24.4 Å². The van der Waals surface area contributed by atoms with Gasteiger partial charge in [-0.2, -0.15) is 5.10 Å². The zero-order valence-electron chi connectivity index (χ0n) is 25.5. The van der Waals surface area contributed by atoms with E-state index < -0.39 is 0 Å². The van der Waals surface area contributed by atoms with Crippen molar-refractivity contribution in [3.63, 3.8) is 0 Å². The van der Waals surface area contributed by atoms with Gasteiger partial charge in [0, 0.05) is 49.1 Å². The van der Waals surface area contributed by atoms with E-state index in [1.807, 2.05) is 39.9 Å². The number of aromatic nitrogens is 5. The molecule has 11 heteroatoms. The first-order chi connectivity index (χ1) is 21.3. The number of nitrogen functional groups attached to an aromatic ring is 1. The van der Waals surface area contributed by atoms with Gasteiger partial charge in [0.05, 0.1) is 11.4 Å². The van der Waals surface area contributed by atoms with Crippen molar-refractivity contribution in [2.75, 3.05) is 37.7 Å². The Hall–Kier alpha value is -4.64. The molecule has 44 heavy (non-hydrogen) atoms. The number of likely N-dealkylation sites (N-methyl/N-ethyl adjacent to an activating group) is 1. The van der Waals surface area contributed by atoms with Crippen molar-refractivity contribution in [1.29, 1.82) is 0 Å². The maximum Gasteiger partial charge on any atom is 0.256 e. The van der Waals surface area contributed by atoms with Crippen LogP contribution in [0.1, 0.15) is 67.4 Å². The lowest BCUT2D eigenvalue weighted by Crippen LogP contribution is -2.40. The first-order valence-electron chi connectivity index (χ1n) is 15.3. The van der Waals surface area contributed by atoms with Gasteiger partial charge in [-0.15, -0.1) is 0 Å². The maximum absolute atomic E-state index is 13.0. The molecule has 4 heterocycles. The van der Waals surface area contributed by atoms with E-state index in [0.29, 0.717) is 59.0 Å². The molecule has 1 aliphatic carbocycles. The van der Waals surface area contributed by atoms with Crippen LogP contribution in [-0.4, -0.2) is 79.1 Å². The average molecular weight is 594 g/mol. The summed E-state index contributed by atoms with van der Waals surface area (Å²) in [7, 11) is 2.10. The monoisotopic (exact) mass is 593 g/mol. The fraction of sp³-hybridized carbons (Fsp3) is 0.394. The van der Waals surface area contributed by atoms with Crippen molar-refractivity contribution in [3.05, 3.63) is 72.2 Å². The molecule has 11 nitrogen and oxygen atoms in total. The Morgan fingerprint density at radius 1 is 1.11 bits per heavy atom. The first-order valence-corrected chi connectivity index (χ1v) is 15.3. The fourth-order valence-corrected chi connectivity index (χ4v) is 5.74. The first kappa shape index (κ1) is 29.4. The largest absolute Gasteiger partial charge is 0.383 e. The third kappa shape index (κ3) is 6.33. The highest BCUT2D eigenvalue weighted by Gasteiger charge is 2.29. The van der Waals surface area contributed by atoms with Gasteiger partial charge in [-0.1, -0.05) is 32.1 Å². The number of carbonyl (C=O) groups excluding carboxylic acids is 2. The number of benzene rings is 1. The highest BCUT2D eigenvalue weighted by Crippen LogP contribution is 2.34. The molecule has 4 aromatic rings. The third-order valence-electron chi connectivity index (χ3n) is 8.51. The molecule has 0 spiro atoms. The predicted octanol–water partition coefficient (Wildman–Crippen LogP) is 4.66. The molecule has 1 aromatic carbocycles. The number of piperidine rings is 1. The van der Waals surface area contributed by atoms with Crippen LogP contribution in [0.5, 0.6) is 0 Å². The van der Waals surface area contributed by atoms with E-state index in [1.165, 1.54) is 19.2 Å². The Balaban J connectivity index is 1.21. The lowest BCUT2D eigenvalue weighted by atomic mass is 10.0. The number of nitrogens with one attached hydrogen (secondary N) is 1. The molecule has 0 bridgehead atoms. The molecule has 1 unspecified atom stereocenters. The quantitative estimate of drug-likeness (QED) is 0.268. The molecule has 6 rings (SSSR count). The lowest BCUT2D eigenvalue weighted by molar-refractivity contribution is -0.127. The molecular formula is C33H39N9O2. The van der Waals surface area contributed by atoms with E-state index in [0.717, 1.165) is 30.5 Å². The van der Waals surface area contributed by atoms with Crippen LogP contribution < -0.4 is 11.1 Å². The Labute approximate surface area is 257 Å². The van der Waals surface area contributed by atoms with E-state index in [4.69, 9.17) is 10.8 Å². The van der Waals surface area contributed by atoms with Crippen LogP contribution in [0.4, 0.5) is 11.6 Å². The second-order valence-electron chi connectivity index (χ2n) is 12.1. The van der Waals surface area contributed by atoms with Gasteiger partial charge in [0.25, 0.3) is 5.91 Å². The second kappa shape index (κ2) is 12.5. The summed E-state index contributed by atoms with van der Waals surface area (Å²) >= 11 is 0. The summed E-state index contributed by atoms with van der Waals surface area (Å²) in [6.07, 6.45) is 11.0. The molecule has 2 amide bonds. The molecule has 1 saturated carbocycles. The molecule has 228 valence electrons. The third-order valence-corrected chi connectivity index (χ3v) is 8.51. The number of hydrogen-bond acceptors (Lipinski definition) is 8. The molecule has 1 saturated heterocycles. The summed E-state index contributed by atoms with van der Waals surface area (Å²) in [5.41, 5.74) is 10.0.